The first-order valence-corrected chi connectivity index (χ1v) is 10.5. The third-order valence-corrected chi connectivity index (χ3v) is 6.80. The number of carbonyl (C=O) groups excluding carboxylic acids is 1. The Kier molecular flexibility index (Phi) is 6.43. The largest absolute Gasteiger partial charge is 0.395 e. The normalized spacial score (nSPS) is 19.3. The second kappa shape index (κ2) is 8.67. The molecule has 0 spiro atoms. The summed E-state index contributed by atoms with van der Waals surface area (Å²) in [6.07, 6.45) is 1.74. The van der Waals surface area contributed by atoms with Gasteiger partial charge in [0.25, 0.3) is 11.5 Å². The first-order chi connectivity index (χ1) is 13.8. The Hall–Kier alpha value is -2.19. The highest BCUT2D eigenvalue weighted by Crippen LogP contribution is 2.35. The summed E-state index contributed by atoms with van der Waals surface area (Å²) in [5.74, 6) is 0.502. The van der Waals surface area contributed by atoms with E-state index in [0.29, 0.717) is 45.8 Å². The fourth-order valence-corrected chi connectivity index (χ4v) is 4.76. The van der Waals surface area contributed by atoms with Crippen molar-refractivity contribution in [3.63, 3.8) is 0 Å². The Morgan fingerprint density at radius 2 is 1.90 bits per heavy atom. The topological polar surface area (TPSA) is 92.8 Å². The zero-order valence-corrected chi connectivity index (χ0v) is 18.3. The van der Waals surface area contributed by atoms with Crippen LogP contribution in [-0.2, 0) is 11.8 Å². The first kappa shape index (κ1) is 21.5. The van der Waals surface area contributed by atoms with E-state index in [4.69, 9.17) is 17.3 Å². The summed E-state index contributed by atoms with van der Waals surface area (Å²) in [6.45, 7) is 5.32. The van der Waals surface area contributed by atoms with E-state index < -0.39 is 0 Å². The summed E-state index contributed by atoms with van der Waals surface area (Å²) in [6, 6.07) is 2.01. The molecule has 0 radical (unpaired) electrons. The summed E-state index contributed by atoms with van der Waals surface area (Å²) in [5.41, 5.74) is 0.976. The van der Waals surface area contributed by atoms with Crippen LogP contribution in [0.25, 0.3) is 6.08 Å². The van der Waals surface area contributed by atoms with Gasteiger partial charge in [0.15, 0.2) is 0 Å². The molecule has 0 bridgehead atoms. The number of aliphatic hydroxyl groups excluding tert-OH is 1. The number of piperazine rings is 1. The van der Waals surface area contributed by atoms with Crippen LogP contribution in [0.4, 0.5) is 5.82 Å². The van der Waals surface area contributed by atoms with Gasteiger partial charge in [-0.05, 0) is 18.6 Å². The molecule has 1 aromatic rings. The second-order valence-corrected chi connectivity index (χ2v) is 8.68. The van der Waals surface area contributed by atoms with E-state index in [9.17, 15) is 14.9 Å². The van der Waals surface area contributed by atoms with Gasteiger partial charge in [0.2, 0.25) is 0 Å². The maximum Gasteiger partial charge on any atom is 0.270 e. The Balaban J connectivity index is 2.11. The van der Waals surface area contributed by atoms with Crippen LogP contribution >= 0.6 is 24.0 Å². The van der Waals surface area contributed by atoms with Gasteiger partial charge in [-0.25, -0.2) is 0 Å². The Bertz CT molecular complexity index is 987. The van der Waals surface area contributed by atoms with Crippen LogP contribution in [0.1, 0.15) is 16.7 Å². The lowest BCUT2D eigenvalue weighted by Crippen LogP contribution is -2.49. The molecule has 0 saturated carbocycles. The number of nitriles is 1. The number of hydrogen-bond donors (Lipinski definition) is 1. The SMILES string of the molecule is Cc1c(C=C2SC(=S)N(C)C2=O)c(N2CCN(CCO)CC2)n(C)c(=O)c1C#N. The molecule has 0 aromatic carbocycles. The summed E-state index contributed by atoms with van der Waals surface area (Å²) in [4.78, 5) is 31.4. The molecule has 29 heavy (non-hydrogen) atoms. The number of aromatic nitrogens is 1. The number of thioether (sulfide) groups is 1. The van der Waals surface area contributed by atoms with Gasteiger partial charge in [0.1, 0.15) is 21.8 Å². The Morgan fingerprint density at radius 3 is 2.41 bits per heavy atom. The van der Waals surface area contributed by atoms with Crippen molar-refractivity contribution in [1.82, 2.24) is 14.4 Å². The van der Waals surface area contributed by atoms with Crippen LogP contribution in [0, 0.1) is 18.3 Å². The van der Waals surface area contributed by atoms with Crippen LogP contribution in [0.15, 0.2) is 9.70 Å². The summed E-state index contributed by atoms with van der Waals surface area (Å²) < 4.78 is 1.97. The van der Waals surface area contributed by atoms with E-state index in [1.807, 2.05) is 6.07 Å². The number of pyridine rings is 1. The van der Waals surface area contributed by atoms with E-state index in [1.165, 1.54) is 21.2 Å². The third-order valence-electron chi connectivity index (χ3n) is 5.32. The molecule has 1 N–H and O–H groups in total. The number of hydrogen-bond acceptors (Lipinski definition) is 8. The van der Waals surface area contributed by atoms with E-state index in [1.54, 1.807) is 27.1 Å². The zero-order valence-electron chi connectivity index (χ0n) is 16.6. The number of thiocarbonyl (C=S) groups is 1. The summed E-state index contributed by atoms with van der Waals surface area (Å²) >= 11 is 6.43. The Morgan fingerprint density at radius 1 is 1.24 bits per heavy atom. The van der Waals surface area contributed by atoms with Crippen LogP contribution in [0.5, 0.6) is 0 Å². The molecule has 1 aromatic heterocycles. The average molecular weight is 434 g/mol. The molecule has 3 rings (SSSR count). The molecule has 2 aliphatic rings. The van der Waals surface area contributed by atoms with Gasteiger partial charge < -0.3 is 10.0 Å². The maximum absolute atomic E-state index is 12.8. The van der Waals surface area contributed by atoms with E-state index >= 15 is 0 Å². The van der Waals surface area contributed by atoms with Crippen molar-refractivity contribution < 1.29 is 9.90 Å². The van der Waals surface area contributed by atoms with Crippen molar-refractivity contribution in [1.29, 1.82) is 5.26 Å². The lowest BCUT2D eigenvalue weighted by Gasteiger charge is -2.37. The molecular formula is C19H23N5O3S2. The Labute approximate surface area is 179 Å². The van der Waals surface area contributed by atoms with Crippen molar-refractivity contribution in [3.05, 3.63) is 31.9 Å². The van der Waals surface area contributed by atoms with Gasteiger partial charge in [-0.15, -0.1) is 0 Å². The quantitative estimate of drug-likeness (QED) is 0.542. The lowest BCUT2D eigenvalue weighted by atomic mass is 10.0. The molecule has 2 aliphatic heterocycles. The molecule has 2 fully saturated rings. The lowest BCUT2D eigenvalue weighted by molar-refractivity contribution is -0.121. The standard InChI is InChI=1S/C19H23N5O3S2/c1-12-13(10-15-18(27)22(3)19(28)29-15)16(21(2)17(26)14(12)11-20)24-6-4-23(5-7-24)8-9-25/h10,25H,4-9H2,1-3H3. The van der Waals surface area contributed by atoms with Crippen molar-refractivity contribution in [2.24, 2.45) is 7.05 Å². The van der Waals surface area contributed by atoms with E-state index in [2.05, 4.69) is 9.80 Å². The van der Waals surface area contributed by atoms with E-state index in [0.717, 1.165) is 13.1 Å². The smallest absolute Gasteiger partial charge is 0.270 e. The van der Waals surface area contributed by atoms with Gasteiger partial charge >= 0.3 is 0 Å². The predicted molar refractivity (Wildman–Crippen MR) is 118 cm³/mol. The molecule has 1 amide bonds. The van der Waals surface area contributed by atoms with Crippen LogP contribution in [0.3, 0.4) is 0 Å². The minimum absolute atomic E-state index is 0.0772. The second-order valence-electron chi connectivity index (χ2n) is 7.01. The number of β-amino-alcohol motifs (C(OH)–C–C–N with tert-alkyl or cyclic N) is 1. The predicted octanol–water partition coefficient (Wildman–Crippen LogP) is 0.511. The van der Waals surface area contributed by atoms with Gasteiger partial charge in [-0.1, -0.05) is 24.0 Å². The molecule has 154 valence electrons. The average Bonchev–Trinajstić information content (AvgIpc) is 2.94. The first-order valence-electron chi connectivity index (χ1n) is 9.23. The number of nitrogens with zero attached hydrogens (tertiary/aromatic N) is 5. The highest BCUT2D eigenvalue weighted by atomic mass is 32.2. The number of carbonyl (C=O) groups is 1. The number of aliphatic hydroxyl groups is 1. The molecule has 10 heteroatoms. The monoisotopic (exact) mass is 433 g/mol. The molecular weight excluding hydrogens is 410 g/mol. The van der Waals surface area contributed by atoms with Crippen molar-refractivity contribution in [2.45, 2.75) is 6.92 Å². The van der Waals surface area contributed by atoms with Crippen LogP contribution < -0.4 is 10.5 Å². The van der Waals surface area contributed by atoms with Crippen LogP contribution in [0.2, 0.25) is 0 Å². The van der Waals surface area contributed by atoms with E-state index in [-0.39, 0.29) is 23.6 Å². The van der Waals surface area contributed by atoms with Crippen LogP contribution in [-0.4, -0.2) is 76.1 Å². The summed E-state index contributed by atoms with van der Waals surface area (Å²) in [7, 11) is 3.29. The molecule has 2 saturated heterocycles. The van der Waals surface area contributed by atoms with Crippen molar-refractivity contribution >= 4 is 46.1 Å². The fraction of sp³-hybridized carbons (Fsp3) is 0.474. The number of likely N-dealkylation sites (N-methyl/N-ethyl adjacent to an activating group) is 1. The molecule has 0 unspecified atom stereocenters. The van der Waals surface area contributed by atoms with Gasteiger partial charge in [-0.2, -0.15) is 5.26 Å². The third kappa shape index (κ3) is 3.96. The summed E-state index contributed by atoms with van der Waals surface area (Å²) in [5, 5.41) is 18.7. The van der Waals surface area contributed by atoms with Gasteiger partial charge in [-0.3, -0.25) is 24.0 Å². The zero-order chi connectivity index (χ0) is 21.3. The number of rotatable bonds is 4. The highest BCUT2D eigenvalue weighted by molar-refractivity contribution is 8.26. The highest BCUT2D eigenvalue weighted by Gasteiger charge is 2.31. The van der Waals surface area contributed by atoms with Gasteiger partial charge in [0.05, 0.1) is 11.5 Å². The maximum atomic E-state index is 12.8. The number of amides is 1. The number of anilines is 1. The molecule has 3 heterocycles. The van der Waals surface area contributed by atoms with Crippen molar-refractivity contribution in [3.8, 4) is 6.07 Å². The molecule has 8 nitrogen and oxygen atoms in total. The fourth-order valence-electron chi connectivity index (χ4n) is 3.60. The molecule has 0 aliphatic carbocycles. The molecule has 0 atom stereocenters. The van der Waals surface area contributed by atoms with Gasteiger partial charge in [0, 0.05) is 52.4 Å². The minimum atomic E-state index is -0.349. The van der Waals surface area contributed by atoms with Crippen molar-refractivity contribution in [2.75, 3.05) is 51.3 Å². The minimum Gasteiger partial charge on any atom is -0.395 e.